The highest BCUT2D eigenvalue weighted by Gasteiger charge is 2.30. The van der Waals surface area contributed by atoms with Gasteiger partial charge in [-0.3, -0.25) is 9.59 Å². The summed E-state index contributed by atoms with van der Waals surface area (Å²) in [7, 11) is 0. The van der Waals surface area contributed by atoms with Gasteiger partial charge >= 0.3 is 0 Å². The topological polar surface area (TPSA) is 58.6 Å². The fourth-order valence-corrected chi connectivity index (χ4v) is 4.25. The first-order valence-corrected chi connectivity index (χ1v) is 12.5. The number of carbonyl (C=O) groups excluding carboxylic acids is 2. The van der Waals surface area contributed by atoms with Crippen LogP contribution in [0.25, 0.3) is 0 Å². The van der Waals surface area contributed by atoms with Crippen LogP contribution < -0.4 is 10.1 Å². The molecule has 0 aromatic heterocycles. The second-order valence-electron chi connectivity index (χ2n) is 8.01. The Morgan fingerprint density at radius 2 is 1.77 bits per heavy atom. The minimum absolute atomic E-state index is 0.119. The summed E-state index contributed by atoms with van der Waals surface area (Å²) in [5.74, 6) is -0.657. The van der Waals surface area contributed by atoms with E-state index >= 15 is 0 Å². The number of carbonyl (C=O) groups is 2. The summed E-state index contributed by atoms with van der Waals surface area (Å²) in [6.07, 6.45) is 1.09. The quantitative estimate of drug-likeness (QED) is 0.323. The molecule has 0 saturated carbocycles. The predicted molar refractivity (Wildman–Crippen MR) is 139 cm³/mol. The van der Waals surface area contributed by atoms with E-state index in [1.54, 1.807) is 30.3 Å². The van der Waals surface area contributed by atoms with Crippen molar-refractivity contribution in [1.29, 1.82) is 0 Å². The van der Waals surface area contributed by atoms with Crippen LogP contribution in [0.3, 0.4) is 0 Å². The van der Waals surface area contributed by atoms with E-state index in [4.69, 9.17) is 16.3 Å². The maximum Gasteiger partial charge on any atom is 0.261 e. The maximum absolute atomic E-state index is 13.5. The average Bonchev–Trinajstić information content (AvgIpc) is 2.85. The Hall–Kier alpha value is -2.90. The third kappa shape index (κ3) is 8.08. The Morgan fingerprint density at radius 3 is 2.43 bits per heavy atom. The van der Waals surface area contributed by atoms with Crippen molar-refractivity contribution in [3.8, 4) is 5.75 Å². The second-order valence-corrected chi connectivity index (χ2v) is 9.33. The molecule has 0 bridgehead atoms. The Labute approximate surface area is 218 Å². The molecule has 35 heavy (non-hydrogen) atoms. The summed E-state index contributed by atoms with van der Waals surface area (Å²) in [4.78, 5) is 28.2. The van der Waals surface area contributed by atoms with Gasteiger partial charge in [-0.15, -0.1) is 0 Å². The van der Waals surface area contributed by atoms with Crippen LogP contribution >= 0.6 is 27.5 Å². The molecule has 0 saturated heterocycles. The summed E-state index contributed by atoms with van der Waals surface area (Å²) in [6.45, 7) is 2.26. The van der Waals surface area contributed by atoms with E-state index in [1.807, 2.05) is 37.3 Å². The number of nitrogens with one attached hydrogen (secondary N) is 1. The lowest BCUT2D eigenvalue weighted by atomic mass is 10.0. The van der Waals surface area contributed by atoms with Crippen LogP contribution in [0.15, 0.2) is 77.3 Å². The van der Waals surface area contributed by atoms with Gasteiger partial charge in [-0.1, -0.05) is 76.9 Å². The molecule has 2 amide bonds. The highest BCUT2D eigenvalue weighted by atomic mass is 79.9. The van der Waals surface area contributed by atoms with E-state index in [9.17, 15) is 14.0 Å². The molecule has 3 rings (SSSR count). The molecule has 0 spiro atoms. The Morgan fingerprint density at radius 1 is 1.06 bits per heavy atom. The van der Waals surface area contributed by atoms with Gasteiger partial charge in [-0.2, -0.15) is 0 Å². The molecule has 0 fully saturated rings. The molecule has 0 heterocycles. The van der Waals surface area contributed by atoms with E-state index in [0.717, 1.165) is 16.5 Å². The molecule has 0 aliphatic carbocycles. The fraction of sp³-hybridized carbons (Fsp3) is 0.259. The summed E-state index contributed by atoms with van der Waals surface area (Å²) < 4.78 is 20.0. The number of amides is 2. The third-order valence-electron chi connectivity index (χ3n) is 5.33. The van der Waals surface area contributed by atoms with Gasteiger partial charge in [-0.25, -0.2) is 4.39 Å². The normalized spacial score (nSPS) is 11.5. The van der Waals surface area contributed by atoms with Gasteiger partial charge in [0, 0.05) is 24.0 Å². The van der Waals surface area contributed by atoms with Crippen LogP contribution in [0.4, 0.5) is 4.39 Å². The van der Waals surface area contributed by atoms with E-state index in [-0.39, 0.29) is 30.8 Å². The molecule has 1 N–H and O–H groups in total. The minimum Gasteiger partial charge on any atom is -0.482 e. The number of hydrogen-bond acceptors (Lipinski definition) is 3. The third-order valence-corrected chi connectivity index (χ3v) is 6.12. The first-order chi connectivity index (χ1) is 16.9. The second kappa shape index (κ2) is 13.3. The molecule has 1 atom stereocenters. The number of ether oxygens (including phenoxy) is 1. The smallest absolute Gasteiger partial charge is 0.261 e. The van der Waals surface area contributed by atoms with Crippen LogP contribution in [0, 0.1) is 5.82 Å². The zero-order chi connectivity index (χ0) is 25.2. The Balaban J connectivity index is 1.89. The molecule has 0 aliphatic heterocycles. The monoisotopic (exact) mass is 560 g/mol. The first-order valence-electron chi connectivity index (χ1n) is 11.3. The summed E-state index contributed by atoms with van der Waals surface area (Å²) in [5.41, 5.74) is 1.61. The number of halogens is 3. The van der Waals surface area contributed by atoms with Crippen LogP contribution in [0.1, 0.15) is 24.5 Å². The van der Waals surface area contributed by atoms with Crippen LogP contribution in [-0.2, 0) is 22.6 Å². The molecule has 3 aromatic carbocycles. The zero-order valence-corrected chi connectivity index (χ0v) is 21.7. The lowest BCUT2D eigenvalue weighted by Crippen LogP contribution is -2.51. The van der Waals surface area contributed by atoms with Crippen LogP contribution in [-0.4, -0.2) is 35.9 Å². The van der Waals surface area contributed by atoms with E-state index in [0.29, 0.717) is 29.3 Å². The molecule has 0 aliphatic rings. The van der Waals surface area contributed by atoms with Gasteiger partial charge in [0.05, 0.1) is 5.02 Å². The van der Waals surface area contributed by atoms with Gasteiger partial charge in [0.25, 0.3) is 5.91 Å². The van der Waals surface area contributed by atoms with Gasteiger partial charge in [-0.05, 0) is 47.9 Å². The van der Waals surface area contributed by atoms with Crippen molar-refractivity contribution in [2.75, 3.05) is 13.2 Å². The Bertz CT molecular complexity index is 1130. The summed E-state index contributed by atoms with van der Waals surface area (Å²) in [5, 5.41) is 3.27. The van der Waals surface area contributed by atoms with Gasteiger partial charge in [0.1, 0.15) is 17.6 Å². The zero-order valence-electron chi connectivity index (χ0n) is 19.3. The molecule has 184 valence electrons. The van der Waals surface area contributed by atoms with Crippen molar-refractivity contribution < 1.29 is 18.7 Å². The van der Waals surface area contributed by atoms with Crippen molar-refractivity contribution in [2.24, 2.45) is 0 Å². The average molecular weight is 562 g/mol. The standard InChI is InChI=1S/C27H27BrClFN2O3/c1-2-14-31-27(34)24(15-19-6-4-3-5-7-19)32(17-20-8-11-22(30)12-9-20)26(33)18-35-25-13-10-21(28)16-23(25)29/h3-13,16,24H,2,14-15,17-18H2,1H3,(H,31,34)/t24-/m1/s1. The highest BCUT2D eigenvalue weighted by molar-refractivity contribution is 9.10. The van der Waals surface area contributed by atoms with Crippen molar-refractivity contribution in [3.63, 3.8) is 0 Å². The highest BCUT2D eigenvalue weighted by Crippen LogP contribution is 2.28. The molecule has 5 nitrogen and oxygen atoms in total. The molecular weight excluding hydrogens is 535 g/mol. The summed E-state index contributed by atoms with van der Waals surface area (Å²) in [6, 6.07) is 19.7. The number of nitrogens with zero attached hydrogens (tertiary/aromatic N) is 1. The summed E-state index contributed by atoms with van der Waals surface area (Å²) >= 11 is 9.58. The van der Waals surface area contributed by atoms with Gasteiger partial charge in [0.2, 0.25) is 5.91 Å². The van der Waals surface area contributed by atoms with Crippen LogP contribution in [0.2, 0.25) is 5.02 Å². The van der Waals surface area contributed by atoms with Gasteiger partial charge < -0.3 is 15.0 Å². The van der Waals surface area contributed by atoms with Gasteiger partial charge in [0.15, 0.2) is 6.61 Å². The number of rotatable bonds is 11. The molecule has 8 heteroatoms. The van der Waals surface area contributed by atoms with Crippen LogP contribution in [0.5, 0.6) is 5.75 Å². The fourth-order valence-electron chi connectivity index (χ4n) is 3.52. The van der Waals surface area contributed by atoms with E-state index in [1.165, 1.54) is 17.0 Å². The van der Waals surface area contributed by atoms with Crippen molar-refractivity contribution in [2.45, 2.75) is 32.4 Å². The number of hydrogen-bond donors (Lipinski definition) is 1. The Kier molecular flexibility index (Phi) is 10.1. The molecule has 0 unspecified atom stereocenters. The molecular formula is C27H27BrClFN2O3. The first kappa shape index (κ1) is 26.7. The predicted octanol–water partition coefficient (Wildman–Crippen LogP) is 5.79. The van der Waals surface area contributed by atoms with E-state index in [2.05, 4.69) is 21.2 Å². The largest absolute Gasteiger partial charge is 0.482 e. The lowest BCUT2D eigenvalue weighted by molar-refractivity contribution is -0.142. The number of benzene rings is 3. The molecule has 3 aromatic rings. The maximum atomic E-state index is 13.5. The molecule has 0 radical (unpaired) electrons. The van der Waals surface area contributed by atoms with Crippen molar-refractivity contribution in [1.82, 2.24) is 10.2 Å². The minimum atomic E-state index is -0.787. The van der Waals surface area contributed by atoms with E-state index < -0.39 is 6.04 Å². The lowest BCUT2D eigenvalue weighted by Gasteiger charge is -2.31. The SMILES string of the molecule is CCCNC(=O)[C@@H](Cc1ccccc1)N(Cc1ccc(F)cc1)C(=O)COc1ccc(Br)cc1Cl. The van der Waals surface area contributed by atoms with Crippen molar-refractivity contribution >= 4 is 39.3 Å². The van der Waals surface area contributed by atoms with Crippen molar-refractivity contribution in [3.05, 3.63) is 99.2 Å².